The van der Waals surface area contributed by atoms with Crippen LogP contribution < -0.4 is 0 Å². The molecule has 72 valence electrons. The Morgan fingerprint density at radius 3 is 2.36 bits per heavy atom. The Balaban J connectivity index is 2.70. The molecule has 0 amide bonds. The number of allylic oxidation sites excluding steroid dienone is 1. The first kappa shape index (κ1) is 8.87. The van der Waals surface area contributed by atoms with Gasteiger partial charge in [0.1, 0.15) is 5.76 Å². The molecule has 4 heteroatoms. The van der Waals surface area contributed by atoms with E-state index in [0.29, 0.717) is 5.56 Å². The Morgan fingerprint density at radius 1 is 1.21 bits per heavy atom. The van der Waals surface area contributed by atoms with Crippen LogP contribution in [0.1, 0.15) is 22.8 Å². The third-order valence-electron chi connectivity index (χ3n) is 2.01. The van der Waals surface area contributed by atoms with Crippen molar-refractivity contribution in [3.8, 4) is 0 Å². The fourth-order valence-corrected chi connectivity index (χ4v) is 1.34. The summed E-state index contributed by atoms with van der Waals surface area (Å²) in [6.07, 6.45) is 1.53. The van der Waals surface area contributed by atoms with Gasteiger partial charge in [-0.3, -0.25) is 0 Å². The van der Waals surface area contributed by atoms with Gasteiger partial charge in [-0.05, 0) is 25.1 Å². The molecule has 1 aromatic rings. The van der Waals surface area contributed by atoms with Gasteiger partial charge in [0, 0.05) is 5.56 Å². The van der Waals surface area contributed by atoms with Gasteiger partial charge in [-0.15, -0.1) is 0 Å². The molecular formula is C10H6F2O2. The predicted octanol–water partition coefficient (Wildman–Crippen LogP) is 2.50. The Bertz CT molecular complexity index is 450. The normalized spacial score (nSPS) is 17.1. The van der Waals surface area contributed by atoms with E-state index in [2.05, 4.69) is 0 Å². The maximum atomic E-state index is 12.8. The van der Waals surface area contributed by atoms with Gasteiger partial charge in [-0.25, -0.2) is 13.6 Å². The number of rotatable bonds is 0. The third kappa shape index (κ3) is 1.11. The van der Waals surface area contributed by atoms with E-state index in [1.807, 2.05) is 0 Å². The van der Waals surface area contributed by atoms with Crippen molar-refractivity contribution < 1.29 is 18.3 Å². The summed E-state index contributed by atoms with van der Waals surface area (Å²) in [7, 11) is 0. The standard InChI is InChI=1S/C10H6F2O2/c1-2-9-5-3-7(11)8(12)4-6(5)10(13)14-9/h2-4H,1H3/b9-2+. The van der Waals surface area contributed by atoms with Crippen molar-refractivity contribution in [3.63, 3.8) is 0 Å². The molecule has 1 aliphatic rings. The van der Waals surface area contributed by atoms with Gasteiger partial charge in [0.15, 0.2) is 11.6 Å². The summed E-state index contributed by atoms with van der Waals surface area (Å²) in [5, 5.41) is 0. The highest BCUT2D eigenvalue weighted by Crippen LogP contribution is 2.30. The molecule has 1 aromatic carbocycles. The molecule has 0 N–H and O–H groups in total. The Labute approximate surface area is 78.8 Å². The van der Waals surface area contributed by atoms with Crippen LogP contribution in [0, 0.1) is 11.6 Å². The van der Waals surface area contributed by atoms with Crippen molar-refractivity contribution >= 4 is 11.7 Å². The van der Waals surface area contributed by atoms with Crippen LogP contribution in [0.15, 0.2) is 18.2 Å². The Kier molecular flexibility index (Phi) is 1.84. The molecule has 0 bridgehead atoms. The van der Waals surface area contributed by atoms with Gasteiger partial charge in [0.05, 0.1) is 5.56 Å². The summed E-state index contributed by atoms with van der Waals surface area (Å²) in [5.74, 6) is -2.41. The molecule has 0 atom stereocenters. The number of hydrogen-bond donors (Lipinski definition) is 0. The largest absolute Gasteiger partial charge is 0.423 e. The maximum Gasteiger partial charge on any atom is 0.344 e. The van der Waals surface area contributed by atoms with E-state index in [-0.39, 0.29) is 11.3 Å². The lowest BCUT2D eigenvalue weighted by Gasteiger charge is -1.96. The summed E-state index contributed by atoms with van der Waals surface area (Å²) in [6.45, 7) is 1.65. The molecule has 0 unspecified atom stereocenters. The fraction of sp³-hybridized carbons (Fsp3) is 0.100. The number of ether oxygens (including phenoxy) is 1. The van der Waals surface area contributed by atoms with Gasteiger partial charge < -0.3 is 4.74 Å². The molecule has 0 saturated heterocycles. The summed E-state index contributed by atoms with van der Waals surface area (Å²) >= 11 is 0. The van der Waals surface area contributed by atoms with Crippen molar-refractivity contribution in [3.05, 3.63) is 41.0 Å². The van der Waals surface area contributed by atoms with Crippen molar-refractivity contribution in [2.24, 2.45) is 0 Å². The number of esters is 1. The molecular weight excluding hydrogens is 190 g/mol. The minimum Gasteiger partial charge on any atom is -0.423 e. The van der Waals surface area contributed by atoms with E-state index in [1.165, 1.54) is 6.08 Å². The minimum absolute atomic E-state index is 0.0667. The highest BCUT2D eigenvalue weighted by molar-refractivity contribution is 6.02. The lowest BCUT2D eigenvalue weighted by Crippen LogP contribution is -1.95. The van der Waals surface area contributed by atoms with Crippen LogP contribution in [-0.4, -0.2) is 5.97 Å². The number of benzene rings is 1. The van der Waals surface area contributed by atoms with Gasteiger partial charge in [0.2, 0.25) is 0 Å². The quantitative estimate of drug-likeness (QED) is 0.596. The van der Waals surface area contributed by atoms with Crippen molar-refractivity contribution in [2.75, 3.05) is 0 Å². The summed E-state index contributed by atoms with van der Waals surface area (Å²) in [5.41, 5.74) is 0.369. The van der Waals surface area contributed by atoms with E-state index in [1.54, 1.807) is 6.92 Å². The highest BCUT2D eigenvalue weighted by Gasteiger charge is 2.27. The molecule has 0 spiro atoms. The number of cyclic esters (lactones) is 1. The lowest BCUT2D eigenvalue weighted by atomic mass is 10.1. The second-order valence-electron chi connectivity index (χ2n) is 2.85. The molecule has 2 nitrogen and oxygen atoms in total. The van der Waals surface area contributed by atoms with E-state index in [9.17, 15) is 13.6 Å². The van der Waals surface area contributed by atoms with Gasteiger partial charge in [-0.1, -0.05) is 0 Å². The topological polar surface area (TPSA) is 26.3 Å². The maximum absolute atomic E-state index is 12.8. The van der Waals surface area contributed by atoms with Crippen LogP contribution in [0.25, 0.3) is 5.76 Å². The van der Waals surface area contributed by atoms with Crippen molar-refractivity contribution in [1.82, 2.24) is 0 Å². The van der Waals surface area contributed by atoms with E-state index in [0.717, 1.165) is 12.1 Å². The van der Waals surface area contributed by atoms with Crippen molar-refractivity contribution in [1.29, 1.82) is 0 Å². The highest BCUT2D eigenvalue weighted by atomic mass is 19.2. The van der Waals surface area contributed by atoms with Gasteiger partial charge in [-0.2, -0.15) is 0 Å². The molecule has 14 heavy (non-hydrogen) atoms. The van der Waals surface area contributed by atoms with Crippen LogP contribution in [0.4, 0.5) is 8.78 Å². The average Bonchev–Trinajstić information content (AvgIpc) is 2.45. The number of hydrogen-bond acceptors (Lipinski definition) is 2. The molecule has 0 radical (unpaired) electrons. The fourth-order valence-electron chi connectivity index (χ4n) is 1.34. The third-order valence-corrected chi connectivity index (χ3v) is 2.01. The zero-order valence-electron chi connectivity index (χ0n) is 7.30. The van der Waals surface area contributed by atoms with Gasteiger partial charge in [0.25, 0.3) is 0 Å². The number of carbonyl (C=O) groups is 1. The summed E-state index contributed by atoms with van der Waals surface area (Å²) < 4.78 is 30.4. The SMILES string of the molecule is C/C=C1/OC(=O)c2cc(F)c(F)cc21. The van der Waals surface area contributed by atoms with Crippen LogP contribution >= 0.6 is 0 Å². The smallest absolute Gasteiger partial charge is 0.344 e. The second-order valence-corrected chi connectivity index (χ2v) is 2.85. The van der Waals surface area contributed by atoms with E-state index < -0.39 is 17.6 Å². The van der Waals surface area contributed by atoms with Crippen LogP contribution in [0.5, 0.6) is 0 Å². The molecule has 0 aliphatic carbocycles. The first-order chi connectivity index (χ1) is 6.63. The first-order valence-electron chi connectivity index (χ1n) is 4.01. The Morgan fingerprint density at radius 2 is 1.79 bits per heavy atom. The van der Waals surface area contributed by atoms with Crippen LogP contribution in [0.3, 0.4) is 0 Å². The zero-order chi connectivity index (χ0) is 10.3. The molecule has 2 rings (SSSR count). The van der Waals surface area contributed by atoms with E-state index in [4.69, 9.17) is 4.74 Å². The van der Waals surface area contributed by atoms with Crippen molar-refractivity contribution in [2.45, 2.75) is 6.92 Å². The molecule has 0 fully saturated rings. The summed E-state index contributed by atoms with van der Waals surface area (Å²) in [6, 6.07) is 1.81. The molecule has 0 aromatic heterocycles. The number of halogens is 2. The Hall–Kier alpha value is -1.71. The van der Waals surface area contributed by atoms with Gasteiger partial charge >= 0.3 is 5.97 Å². The van der Waals surface area contributed by atoms with E-state index >= 15 is 0 Å². The average molecular weight is 196 g/mol. The summed E-state index contributed by atoms with van der Waals surface area (Å²) in [4.78, 5) is 11.1. The van der Waals surface area contributed by atoms with Crippen LogP contribution in [-0.2, 0) is 4.74 Å². The first-order valence-corrected chi connectivity index (χ1v) is 4.01. The zero-order valence-corrected chi connectivity index (χ0v) is 7.30. The lowest BCUT2D eigenvalue weighted by molar-refractivity contribution is 0.0715. The second kappa shape index (κ2) is 2.90. The molecule has 0 saturated carbocycles. The number of carbonyl (C=O) groups excluding carboxylic acids is 1. The van der Waals surface area contributed by atoms with Crippen LogP contribution in [0.2, 0.25) is 0 Å². The molecule has 1 heterocycles. The minimum atomic E-state index is -1.04. The monoisotopic (exact) mass is 196 g/mol. The number of fused-ring (bicyclic) bond motifs is 1. The predicted molar refractivity (Wildman–Crippen MR) is 45.4 cm³/mol. The molecule has 1 aliphatic heterocycles.